The number of methoxy groups -OCH3 is 2. The molecule has 0 spiro atoms. The van der Waals surface area contributed by atoms with Crippen LogP contribution in [0.25, 0.3) is 11.1 Å². The summed E-state index contributed by atoms with van der Waals surface area (Å²) in [6.45, 7) is 0. The Bertz CT molecular complexity index is 570. The highest BCUT2D eigenvalue weighted by Crippen LogP contribution is 2.35. The Balaban J connectivity index is 2.56. The second-order valence-electron chi connectivity index (χ2n) is 3.81. The molecule has 4 heteroatoms. The third-order valence-electron chi connectivity index (χ3n) is 2.69. The van der Waals surface area contributed by atoms with Gasteiger partial charge in [-0.15, -0.1) is 0 Å². The molecule has 0 aliphatic carbocycles. The normalized spacial score (nSPS) is 10.2. The van der Waals surface area contributed by atoms with E-state index in [4.69, 9.17) is 15.2 Å². The van der Waals surface area contributed by atoms with Gasteiger partial charge in [0, 0.05) is 22.9 Å². The van der Waals surface area contributed by atoms with Crippen molar-refractivity contribution >= 4 is 5.69 Å². The first-order chi connectivity index (χ1) is 8.65. The van der Waals surface area contributed by atoms with Crippen LogP contribution >= 0.6 is 0 Å². The molecule has 0 radical (unpaired) electrons. The average Bonchev–Trinajstić information content (AvgIpc) is 2.38. The zero-order valence-electron chi connectivity index (χ0n) is 10.2. The summed E-state index contributed by atoms with van der Waals surface area (Å²) in [7, 11) is 3.10. The van der Waals surface area contributed by atoms with Gasteiger partial charge in [-0.2, -0.15) is 0 Å². The van der Waals surface area contributed by atoms with E-state index in [9.17, 15) is 4.39 Å². The fourth-order valence-corrected chi connectivity index (χ4v) is 1.77. The maximum Gasteiger partial charge on any atom is 0.133 e. The lowest BCUT2D eigenvalue weighted by atomic mass is 10.0. The summed E-state index contributed by atoms with van der Waals surface area (Å²) in [6.07, 6.45) is 0. The van der Waals surface area contributed by atoms with Crippen molar-refractivity contribution in [2.45, 2.75) is 0 Å². The molecule has 2 rings (SSSR count). The van der Waals surface area contributed by atoms with E-state index >= 15 is 0 Å². The van der Waals surface area contributed by atoms with E-state index in [2.05, 4.69) is 0 Å². The number of ether oxygens (including phenoxy) is 2. The van der Waals surface area contributed by atoms with Gasteiger partial charge >= 0.3 is 0 Å². The van der Waals surface area contributed by atoms with Crippen LogP contribution in [0.4, 0.5) is 10.1 Å². The van der Waals surface area contributed by atoms with Crippen molar-refractivity contribution in [3.63, 3.8) is 0 Å². The van der Waals surface area contributed by atoms with Crippen LogP contribution < -0.4 is 15.2 Å². The van der Waals surface area contributed by atoms with Gasteiger partial charge in [0.25, 0.3) is 0 Å². The van der Waals surface area contributed by atoms with Crippen molar-refractivity contribution in [2.24, 2.45) is 0 Å². The number of nitrogen functional groups attached to an aromatic ring is 1. The van der Waals surface area contributed by atoms with Crippen LogP contribution in [0.2, 0.25) is 0 Å². The van der Waals surface area contributed by atoms with Crippen LogP contribution in [0, 0.1) is 5.82 Å². The Morgan fingerprint density at radius 2 is 1.67 bits per heavy atom. The molecule has 2 aromatic carbocycles. The number of benzene rings is 2. The summed E-state index contributed by atoms with van der Waals surface area (Å²) >= 11 is 0. The number of rotatable bonds is 3. The van der Waals surface area contributed by atoms with Gasteiger partial charge in [-0.1, -0.05) is 0 Å². The van der Waals surface area contributed by atoms with Gasteiger partial charge in [-0.25, -0.2) is 4.39 Å². The Morgan fingerprint density at radius 3 is 2.28 bits per heavy atom. The predicted octanol–water partition coefficient (Wildman–Crippen LogP) is 3.09. The Kier molecular flexibility index (Phi) is 3.37. The molecule has 94 valence electrons. The highest BCUT2D eigenvalue weighted by molar-refractivity contribution is 5.73. The highest BCUT2D eigenvalue weighted by atomic mass is 19.1. The van der Waals surface area contributed by atoms with Crippen LogP contribution in [0.1, 0.15) is 0 Å². The largest absolute Gasteiger partial charge is 0.497 e. The predicted molar refractivity (Wildman–Crippen MR) is 69.4 cm³/mol. The van der Waals surface area contributed by atoms with E-state index in [-0.39, 0.29) is 5.82 Å². The fraction of sp³-hybridized carbons (Fsp3) is 0.143. The summed E-state index contributed by atoms with van der Waals surface area (Å²) in [5.74, 6) is 0.836. The van der Waals surface area contributed by atoms with Gasteiger partial charge in [-0.3, -0.25) is 0 Å². The molecule has 0 aliphatic rings. The molecule has 0 atom stereocenters. The number of nitrogens with two attached hydrogens (primary N) is 1. The molecule has 0 saturated carbocycles. The first-order valence-electron chi connectivity index (χ1n) is 5.43. The third kappa shape index (κ3) is 2.22. The number of anilines is 1. The SMILES string of the molecule is COc1ccc(-c2ccc(N)cc2F)c(OC)c1. The molecule has 0 aliphatic heterocycles. The van der Waals surface area contributed by atoms with Crippen molar-refractivity contribution in [2.75, 3.05) is 20.0 Å². The van der Waals surface area contributed by atoms with Gasteiger partial charge in [0.05, 0.1) is 14.2 Å². The van der Waals surface area contributed by atoms with Crippen LogP contribution in [-0.2, 0) is 0 Å². The van der Waals surface area contributed by atoms with E-state index in [1.165, 1.54) is 13.2 Å². The number of hydrogen-bond donors (Lipinski definition) is 1. The molecule has 0 unspecified atom stereocenters. The van der Waals surface area contributed by atoms with Crippen LogP contribution in [0.15, 0.2) is 36.4 Å². The van der Waals surface area contributed by atoms with Crippen molar-refractivity contribution in [3.05, 3.63) is 42.2 Å². The van der Waals surface area contributed by atoms with E-state index in [1.54, 1.807) is 37.4 Å². The van der Waals surface area contributed by atoms with E-state index in [0.29, 0.717) is 28.3 Å². The minimum atomic E-state index is -0.376. The lowest BCUT2D eigenvalue weighted by Gasteiger charge is -2.11. The lowest BCUT2D eigenvalue weighted by Crippen LogP contribution is -1.93. The standard InChI is InChI=1S/C14H14FNO2/c1-17-10-4-6-12(14(8-10)18-2)11-5-3-9(16)7-13(11)15/h3-8H,16H2,1-2H3. The maximum absolute atomic E-state index is 13.9. The Labute approximate surface area is 105 Å². The average molecular weight is 247 g/mol. The van der Waals surface area contributed by atoms with Gasteiger partial charge in [0.1, 0.15) is 17.3 Å². The molecular formula is C14H14FNO2. The summed E-state index contributed by atoms with van der Waals surface area (Å²) in [4.78, 5) is 0. The quantitative estimate of drug-likeness (QED) is 0.848. The van der Waals surface area contributed by atoms with E-state index in [1.807, 2.05) is 0 Å². The van der Waals surface area contributed by atoms with Crippen molar-refractivity contribution in [1.82, 2.24) is 0 Å². The number of hydrogen-bond acceptors (Lipinski definition) is 3. The Morgan fingerprint density at radius 1 is 0.944 bits per heavy atom. The topological polar surface area (TPSA) is 44.5 Å². The third-order valence-corrected chi connectivity index (χ3v) is 2.69. The molecule has 18 heavy (non-hydrogen) atoms. The molecule has 3 nitrogen and oxygen atoms in total. The lowest BCUT2D eigenvalue weighted by molar-refractivity contribution is 0.395. The second-order valence-corrected chi connectivity index (χ2v) is 3.81. The van der Waals surface area contributed by atoms with E-state index in [0.717, 1.165) is 0 Å². The van der Waals surface area contributed by atoms with Gasteiger partial charge in [0.15, 0.2) is 0 Å². The molecule has 2 N–H and O–H groups in total. The molecule has 0 saturated heterocycles. The van der Waals surface area contributed by atoms with E-state index < -0.39 is 0 Å². The minimum Gasteiger partial charge on any atom is -0.497 e. The highest BCUT2D eigenvalue weighted by Gasteiger charge is 2.11. The van der Waals surface area contributed by atoms with Gasteiger partial charge < -0.3 is 15.2 Å². The van der Waals surface area contributed by atoms with Crippen LogP contribution in [-0.4, -0.2) is 14.2 Å². The summed E-state index contributed by atoms with van der Waals surface area (Å²) < 4.78 is 24.2. The second kappa shape index (κ2) is 4.96. The smallest absolute Gasteiger partial charge is 0.133 e. The van der Waals surface area contributed by atoms with Crippen molar-refractivity contribution < 1.29 is 13.9 Å². The van der Waals surface area contributed by atoms with Crippen molar-refractivity contribution in [3.8, 4) is 22.6 Å². The Hall–Kier alpha value is -2.23. The molecule has 0 amide bonds. The molecular weight excluding hydrogens is 233 g/mol. The molecule has 0 aromatic heterocycles. The molecule has 0 fully saturated rings. The zero-order valence-corrected chi connectivity index (χ0v) is 10.2. The maximum atomic E-state index is 13.9. The first kappa shape index (κ1) is 12.2. The monoisotopic (exact) mass is 247 g/mol. The molecule has 0 heterocycles. The summed E-state index contributed by atoms with van der Waals surface area (Å²) in [6, 6.07) is 9.81. The summed E-state index contributed by atoms with van der Waals surface area (Å²) in [5.41, 5.74) is 7.03. The summed E-state index contributed by atoms with van der Waals surface area (Å²) in [5, 5.41) is 0. The minimum absolute atomic E-state index is 0.376. The fourth-order valence-electron chi connectivity index (χ4n) is 1.77. The van der Waals surface area contributed by atoms with Gasteiger partial charge in [-0.05, 0) is 30.3 Å². The number of halogens is 1. The van der Waals surface area contributed by atoms with Crippen molar-refractivity contribution in [1.29, 1.82) is 0 Å². The first-order valence-corrected chi connectivity index (χ1v) is 5.43. The van der Waals surface area contributed by atoms with Crippen LogP contribution in [0.5, 0.6) is 11.5 Å². The van der Waals surface area contributed by atoms with Gasteiger partial charge in [0.2, 0.25) is 0 Å². The molecule has 0 bridgehead atoms. The molecule has 2 aromatic rings. The van der Waals surface area contributed by atoms with Crippen LogP contribution in [0.3, 0.4) is 0 Å². The zero-order chi connectivity index (χ0) is 13.1.